The molecule has 24 heavy (non-hydrogen) atoms. The third-order valence-corrected chi connectivity index (χ3v) is 3.30. The molecule has 0 atom stereocenters. The van der Waals surface area contributed by atoms with Crippen molar-refractivity contribution in [3.63, 3.8) is 0 Å². The van der Waals surface area contributed by atoms with Crippen LogP contribution < -0.4 is 5.73 Å². The lowest BCUT2D eigenvalue weighted by Crippen LogP contribution is -2.07. The lowest BCUT2D eigenvalue weighted by atomic mass is 10.2. The number of carbonyl (C=O) groups is 1. The first-order valence-electron chi connectivity index (χ1n) is 7.31. The zero-order chi connectivity index (χ0) is 16.9. The number of hydrogen-bond donors (Lipinski definition) is 1. The predicted molar refractivity (Wildman–Crippen MR) is 85.9 cm³/mol. The van der Waals surface area contributed by atoms with Gasteiger partial charge in [0.1, 0.15) is 23.9 Å². The summed E-state index contributed by atoms with van der Waals surface area (Å²) in [5, 5.41) is 7.97. The van der Waals surface area contributed by atoms with Crippen LogP contribution in [0.5, 0.6) is 0 Å². The van der Waals surface area contributed by atoms with Gasteiger partial charge in [0.25, 0.3) is 0 Å². The molecule has 8 heteroatoms. The van der Waals surface area contributed by atoms with E-state index < -0.39 is 5.97 Å². The summed E-state index contributed by atoms with van der Waals surface area (Å²) in [5.74, 6) is 0.625. The van der Waals surface area contributed by atoms with Crippen molar-refractivity contribution in [1.29, 1.82) is 0 Å². The van der Waals surface area contributed by atoms with Crippen LogP contribution in [0.4, 0.5) is 5.82 Å². The van der Waals surface area contributed by atoms with Gasteiger partial charge in [-0.3, -0.25) is 0 Å². The zero-order valence-corrected chi connectivity index (χ0v) is 13.1. The summed E-state index contributed by atoms with van der Waals surface area (Å²) in [4.78, 5) is 20.1. The summed E-state index contributed by atoms with van der Waals surface area (Å²) in [6, 6.07) is 8.78. The van der Waals surface area contributed by atoms with E-state index in [0.717, 1.165) is 5.56 Å². The highest BCUT2D eigenvalue weighted by Gasteiger charge is 2.09. The largest absolute Gasteiger partial charge is 0.455 e. The monoisotopic (exact) mass is 324 g/mol. The smallest absolute Gasteiger partial charge is 0.338 e. The second-order valence-corrected chi connectivity index (χ2v) is 5.18. The number of anilines is 1. The van der Waals surface area contributed by atoms with Gasteiger partial charge in [0.05, 0.1) is 18.3 Å². The quantitative estimate of drug-likeness (QED) is 0.706. The minimum Gasteiger partial charge on any atom is -0.455 e. The van der Waals surface area contributed by atoms with Gasteiger partial charge < -0.3 is 10.5 Å². The molecule has 0 spiro atoms. The number of nitrogen functional groups attached to an aromatic ring is 1. The Balaban J connectivity index is 1.60. The third kappa shape index (κ3) is 3.72. The Morgan fingerprint density at radius 1 is 1.29 bits per heavy atom. The molecule has 0 amide bonds. The van der Waals surface area contributed by atoms with Crippen molar-refractivity contribution in [1.82, 2.24) is 25.0 Å². The average molecular weight is 324 g/mol. The Bertz CT molecular complexity index is 847. The number of esters is 1. The molecule has 0 aliphatic rings. The molecule has 0 bridgehead atoms. The number of rotatable bonds is 5. The van der Waals surface area contributed by atoms with Gasteiger partial charge in [-0.2, -0.15) is 0 Å². The topological polar surface area (TPSA) is 109 Å². The minimum absolute atomic E-state index is 0.0492. The van der Waals surface area contributed by atoms with E-state index in [1.54, 1.807) is 48.3 Å². The predicted octanol–water partition coefficient (Wildman–Crippen LogP) is 1.36. The number of hydrogen-bond acceptors (Lipinski definition) is 7. The fraction of sp³-hybridized carbons (Fsp3) is 0.188. The van der Waals surface area contributed by atoms with Crippen LogP contribution in [-0.4, -0.2) is 30.9 Å². The third-order valence-electron chi connectivity index (χ3n) is 3.30. The van der Waals surface area contributed by atoms with E-state index in [1.807, 2.05) is 6.07 Å². The van der Waals surface area contributed by atoms with Gasteiger partial charge in [-0.05, 0) is 19.1 Å². The molecule has 2 aromatic heterocycles. The molecule has 8 nitrogen and oxygen atoms in total. The van der Waals surface area contributed by atoms with Crippen LogP contribution in [-0.2, 0) is 17.9 Å². The Morgan fingerprint density at radius 3 is 2.83 bits per heavy atom. The molecule has 0 saturated carbocycles. The van der Waals surface area contributed by atoms with Gasteiger partial charge in [-0.25, -0.2) is 19.4 Å². The Hall–Kier alpha value is -3.29. The number of benzene rings is 1. The molecule has 1 aromatic carbocycles. The summed E-state index contributed by atoms with van der Waals surface area (Å²) in [5.41, 5.74) is 7.65. The van der Waals surface area contributed by atoms with E-state index in [9.17, 15) is 4.79 Å². The Morgan fingerprint density at radius 2 is 2.08 bits per heavy atom. The Kier molecular flexibility index (Phi) is 4.46. The van der Waals surface area contributed by atoms with Crippen molar-refractivity contribution in [2.45, 2.75) is 20.1 Å². The van der Waals surface area contributed by atoms with Crippen LogP contribution in [0, 0.1) is 6.92 Å². The number of ether oxygens (including phenoxy) is 1. The zero-order valence-electron chi connectivity index (χ0n) is 13.1. The minimum atomic E-state index is -0.402. The van der Waals surface area contributed by atoms with Crippen LogP contribution in [0.2, 0.25) is 0 Å². The first-order chi connectivity index (χ1) is 11.6. The maximum atomic E-state index is 11.9. The highest BCUT2D eigenvalue weighted by Crippen LogP contribution is 2.10. The normalized spacial score (nSPS) is 10.5. The molecule has 3 aromatic rings. The maximum Gasteiger partial charge on any atom is 0.338 e. The number of aryl methyl sites for hydroxylation is 1. The molecule has 3 rings (SSSR count). The van der Waals surface area contributed by atoms with Gasteiger partial charge in [0.2, 0.25) is 0 Å². The highest BCUT2D eigenvalue weighted by molar-refractivity contribution is 5.89. The Labute approximate surface area is 138 Å². The summed E-state index contributed by atoms with van der Waals surface area (Å²) in [6.45, 7) is 2.22. The van der Waals surface area contributed by atoms with Gasteiger partial charge in [-0.1, -0.05) is 23.4 Å². The second kappa shape index (κ2) is 6.86. The highest BCUT2D eigenvalue weighted by atomic mass is 16.5. The summed E-state index contributed by atoms with van der Waals surface area (Å²) < 4.78 is 6.81. The van der Waals surface area contributed by atoms with E-state index in [4.69, 9.17) is 10.5 Å². The van der Waals surface area contributed by atoms with E-state index in [1.165, 1.54) is 0 Å². The van der Waals surface area contributed by atoms with Crippen LogP contribution in [0.15, 0.2) is 42.7 Å². The summed E-state index contributed by atoms with van der Waals surface area (Å²) >= 11 is 0. The molecule has 2 N–H and O–H groups in total. The molecule has 0 fully saturated rings. The second-order valence-electron chi connectivity index (χ2n) is 5.18. The van der Waals surface area contributed by atoms with E-state index in [-0.39, 0.29) is 6.61 Å². The molecule has 0 unspecified atom stereocenters. The fourth-order valence-corrected chi connectivity index (χ4v) is 2.09. The van der Waals surface area contributed by atoms with Crippen molar-refractivity contribution in [2.75, 3.05) is 5.73 Å². The van der Waals surface area contributed by atoms with Gasteiger partial charge in [0.15, 0.2) is 0 Å². The fourth-order valence-electron chi connectivity index (χ4n) is 2.09. The molecule has 0 aliphatic heterocycles. The number of aromatic nitrogens is 5. The van der Waals surface area contributed by atoms with Gasteiger partial charge in [0, 0.05) is 11.8 Å². The molecule has 122 valence electrons. The lowest BCUT2D eigenvalue weighted by Gasteiger charge is -2.04. The van der Waals surface area contributed by atoms with E-state index >= 15 is 0 Å². The van der Waals surface area contributed by atoms with Gasteiger partial charge >= 0.3 is 5.97 Å². The standard InChI is InChI=1S/C16H16N6O2/c1-11-18-7-13(15(17)19-11)8-22-9-14(20-21-22)10-24-16(23)12-5-3-2-4-6-12/h2-7,9H,8,10H2,1H3,(H2,17,18,19). The van der Waals surface area contributed by atoms with Crippen molar-refractivity contribution in [2.24, 2.45) is 0 Å². The molecular formula is C16H16N6O2. The molecule has 0 radical (unpaired) electrons. The van der Waals surface area contributed by atoms with Crippen molar-refractivity contribution in [3.05, 3.63) is 65.4 Å². The molecule has 0 saturated heterocycles. The number of nitrogens with zero attached hydrogens (tertiary/aromatic N) is 5. The van der Waals surface area contributed by atoms with Gasteiger partial charge in [-0.15, -0.1) is 5.10 Å². The lowest BCUT2D eigenvalue weighted by molar-refractivity contribution is 0.0467. The van der Waals surface area contributed by atoms with Crippen molar-refractivity contribution in [3.8, 4) is 0 Å². The average Bonchev–Trinajstić information content (AvgIpc) is 3.03. The number of carbonyl (C=O) groups excluding carboxylic acids is 1. The maximum absolute atomic E-state index is 11.9. The van der Waals surface area contributed by atoms with Crippen LogP contribution in [0.3, 0.4) is 0 Å². The summed E-state index contributed by atoms with van der Waals surface area (Å²) in [7, 11) is 0. The van der Waals surface area contributed by atoms with Crippen molar-refractivity contribution >= 4 is 11.8 Å². The van der Waals surface area contributed by atoms with Crippen LogP contribution in [0.1, 0.15) is 27.4 Å². The summed E-state index contributed by atoms with van der Waals surface area (Å²) in [6.07, 6.45) is 3.35. The van der Waals surface area contributed by atoms with Crippen LogP contribution in [0.25, 0.3) is 0 Å². The number of nitrogens with two attached hydrogens (primary N) is 1. The van der Waals surface area contributed by atoms with Crippen LogP contribution >= 0.6 is 0 Å². The van der Waals surface area contributed by atoms with E-state index in [0.29, 0.717) is 29.4 Å². The molecular weight excluding hydrogens is 308 g/mol. The molecule has 0 aliphatic carbocycles. The first-order valence-corrected chi connectivity index (χ1v) is 7.31. The SMILES string of the molecule is Cc1ncc(Cn2cc(COC(=O)c3ccccc3)nn2)c(N)n1. The van der Waals surface area contributed by atoms with Crippen molar-refractivity contribution < 1.29 is 9.53 Å². The molecule has 2 heterocycles. The first kappa shape index (κ1) is 15.6. The van der Waals surface area contributed by atoms with E-state index in [2.05, 4.69) is 20.3 Å².